The minimum Gasteiger partial charge on any atom is -0.487 e. The van der Waals surface area contributed by atoms with Crippen molar-refractivity contribution in [1.29, 1.82) is 0 Å². The first-order chi connectivity index (χ1) is 15.0. The highest BCUT2D eigenvalue weighted by Crippen LogP contribution is 2.34. The van der Waals surface area contributed by atoms with Crippen LogP contribution in [0.2, 0.25) is 0 Å². The number of nitrogens with two attached hydrogens (primary N) is 2. The highest BCUT2D eigenvalue weighted by Gasteiger charge is 2.16. The highest BCUT2D eigenvalue weighted by atomic mass is 19.3. The van der Waals surface area contributed by atoms with Crippen molar-refractivity contribution in [3.8, 4) is 5.75 Å². The Bertz CT molecular complexity index is 1240. The van der Waals surface area contributed by atoms with Crippen LogP contribution in [0, 0.1) is 0 Å². The van der Waals surface area contributed by atoms with Gasteiger partial charge in [-0.3, -0.25) is 9.99 Å². The minimum absolute atomic E-state index is 0.00838. The molecule has 0 aliphatic carbocycles. The Hall–Kier alpha value is -3.65. The van der Waals surface area contributed by atoms with Gasteiger partial charge in [-0.05, 0) is 49.4 Å². The monoisotopic (exact) mass is 423 g/mol. The highest BCUT2D eigenvalue weighted by molar-refractivity contribution is 6.09. The van der Waals surface area contributed by atoms with E-state index in [2.05, 4.69) is 9.55 Å². The lowest BCUT2D eigenvalue weighted by Gasteiger charge is -2.22. The van der Waals surface area contributed by atoms with E-state index in [1.54, 1.807) is 36.7 Å². The Morgan fingerprint density at radius 1 is 1.10 bits per heavy atom. The smallest absolute Gasteiger partial charge is 0.263 e. The van der Waals surface area contributed by atoms with E-state index in [-0.39, 0.29) is 12.2 Å². The van der Waals surface area contributed by atoms with Crippen LogP contribution in [0.1, 0.15) is 18.9 Å². The molecule has 4 aromatic rings. The largest absolute Gasteiger partial charge is 0.487 e. The van der Waals surface area contributed by atoms with Crippen LogP contribution in [0.25, 0.3) is 21.8 Å². The van der Waals surface area contributed by atoms with E-state index in [1.807, 2.05) is 25.1 Å². The molecule has 0 saturated heterocycles. The van der Waals surface area contributed by atoms with Crippen molar-refractivity contribution >= 4 is 27.5 Å². The average Bonchev–Trinajstić information content (AvgIpc) is 3.12. The summed E-state index contributed by atoms with van der Waals surface area (Å²) >= 11 is 0. The fourth-order valence-corrected chi connectivity index (χ4v) is 3.69. The van der Waals surface area contributed by atoms with Gasteiger partial charge in [0.05, 0.1) is 11.4 Å². The van der Waals surface area contributed by atoms with Crippen LogP contribution < -0.4 is 21.3 Å². The molecule has 2 heterocycles. The molecule has 0 amide bonds. The van der Waals surface area contributed by atoms with Crippen molar-refractivity contribution in [3.05, 3.63) is 78.4 Å². The lowest BCUT2D eigenvalue weighted by Crippen LogP contribution is -2.33. The molecule has 4 rings (SSSR count). The number of nitrogens with zero attached hydrogens (tertiary/aromatic N) is 3. The summed E-state index contributed by atoms with van der Waals surface area (Å²) in [4.78, 5) is 3.95. The Labute approximate surface area is 178 Å². The molecule has 0 spiro atoms. The van der Waals surface area contributed by atoms with Gasteiger partial charge in [0.15, 0.2) is 0 Å². The van der Waals surface area contributed by atoms with Gasteiger partial charge in [0.2, 0.25) is 0 Å². The van der Waals surface area contributed by atoms with Gasteiger partial charge >= 0.3 is 0 Å². The third-order valence-electron chi connectivity index (χ3n) is 5.26. The standard InChI is InChI=1S/C23H23F2N5O/c1-2-29-21-5-3-15(23(24)25)11-19(21)20-12-16(4-6-22(20)29)30(27)17(13-26)14-31-18-7-9-28-10-8-18/h3-13,23H,2,14,26-27H2,1H3/b17-13-. The number of halogens is 2. The van der Waals surface area contributed by atoms with Crippen LogP contribution in [0.5, 0.6) is 5.75 Å². The average molecular weight is 423 g/mol. The molecule has 0 radical (unpaired) electrons. The van der Waals surface area contributed by atoms with E-state index in [4.69, 9.17) is 16.3 Å². The van der Waals surface area contributed by atoms with Gasteiger partial charge in [-0.25, -0.2) is 14.6 Å². The summed E-state index contributed by atoms with van der Waals surface area (Å²) in [6.07, 6.45) is 2.12. The number of pyridine rings is 1. The SMILES string of the molecule is CCn1c2ccc(C(F)F)cc2c2cc(N(N)/C(=C\N)COc3ccncc3)ccc21. The molecule has 0 saturated carbocycles. The van der Waals surface area contributed by atoms with Crippen LogP contribution in [-0.2, 0) is 6.54 Å². The number of aromatic nitrogens is 2. The maximum Gasteiger partial charge on any atom is 0.263 e. The van der Waals surface area contributed by atoms with Gasteiger partial charge < -0.3 is 15.0 Å². The van der Waals surface area contributed by atoms with Crippen molar-refractivity contribution in [3.63, 3.8) is 0 Å². The fraction of sp³-hybridized carbons (Fsp3) is 0.174. The molecule has 31 heavy (non-hydrogen) atoms. The zero-order valence-electron chi connectivity index (χ0n) is 17.0. The molecule has 0 atom stereocenters. The van der Waals surface area contributed by atoms with Crippen LogP contribution >= 0.6 is 0 Å². The Morgan fingerprint density at radius 3 is 2.42 bits per heavy atom. The zero-order chi connectivity index (χ0) is 22.0. The van der Waals surface area contributed by atoms with Crippen molar-refractivity contribution in [1.82, 2.24) is 9.55 Å². The van der Waals surface area contributed by atoms with Crippen LogP contribution in [-0.4, -0.2) is 16.2 Å². The second-order valence-corrected chi connectivity index (χ2v) is 7.02. The Balaban J connectivity index is 1.71. The van der Waals surface area contributed by atoms with Crippen LogP contribution in [0.3, 0.4) is 0 Å². The van der Waals surface area contributed by atoms with Gasteiger partial charge in [0, 0.05) is 52.5 Å². The normalized spacial score (nSPS) is 12.1. The maximum atomic E-state index is 13.3. The van der Waals surface area contributed by atoms with E-state index >= 15 is 0 Å². The van der Waals surface area contributed by atoms with E-state index in [0.29, 0.717) is 23.7 Å². The minimum atomic E-state index is -2.53. The topological polar surface area (TPSA) is 82.3 Å². The summed E-state index contributed by atoms with van der Waals surface area (Å²) < 4.78 is 34.4. The van der Waals surface area contributed by atoms with E-state index in [1.165, 1.54) is 17.3 Å². The molecule has 2 aromatic heterocycles. The molecule has 0 unspecified atom stereocenters. The first-order valence-electron chi connectivity index (χ1n) is 9.86. The zero-order valence-corrected chi connectivity index (χ0v) is 17.0. The Kier molecular flexibility index (Phi) is 5.73. The molecule has 6 nitrogen and oxygen atoms in total. The maximum absolute atomic E-state index is 13.3. The van der Waals surface area contributed by atoms with Crippen LogP contribution in [0.15, 0.2) is 72.8 Å². The summed E-state index contributed by atoms with van der Waals surface area (Å²) in [6, 6.07) is 13.9. The molecule has 8 heteroatoms. The van der Waals surface area contributed by atoms with E-state index in [9.17, 15) is 8.78 Å². The fourth-order valence-electron chi connectivity index (χ4n) is 3.69. The summed E-state index contributed by atoms with van der Waals surface area (Å²) in [5, 5.41) is 3.04. The van der Waals surface area contributed by atoms with Crippen LogP contribution in [0.4, 0.5) is 14.5 Å². The van der Waals surface area contributed by atoms with Gasteiger partial charge in [0.25, 0.3) is 6.43 Å². The molecular formula is C23H23F2N5O. The lowest BCUT2D eigenvalue weighted by molar-refractivity contribution is 0.151. The predicted molar refractivity (Wildman–Crippen MR) is 119 cm³/mol. The number of ether oxygens (including phenoxy) is 1. The first-order valence-corrected chi connectivity index (χ1v) is 9.86. The molecular weight excluding hydrogens is 400 g/mol. The summed E-state index contributed by atoms with van der Waals surface area (Å²) in [5.74, 6) is 6.97. The number of hydrazine groups is 1. The number of aryl methyl sites for hydroxylation is 1. The van der Waals surface area contributed by atoms with Crippen molar-refractivity contribution in [2.45, 2.75) is 19.9 Å². The van der Waals surface area contributed by atoms with Crippen molar-refractivity contribution in [2.24, 2.45) is 11.6 Å². The number of anilines is 1. The van der Waals surface area contributed by atoms with Crippen molar-refractivity contribution < 1.29 is 13.5 Å². The van der Waals surface area contributed by atoms with Gasteiger partial charge in [-0.1, -0.05) is 6.07 Å². The first kappa shape index (κ1) is 20.6. The number of rotatable bonds is 7. The second-order valence-electron chi connectivity index (χ2n) is 7.02. The number of benzene rings is 2. The Morgan fingerprint density at radius 2 is 1.77 bits per heavy atom. The van der Waals surface area contributed by atoms with E-state index in [0.717, 1.165) is 21.8 Å². The lowest BCUT2D eigenvalue weighted by atomic mass is 10.1. The molecule has 0 aliphatic heterocycles. The molecule has 160 valence electrons. The summed E-state index contributed by atoms with van der Waals surface area (Å²) in [7, 11) is 0. The molecule has 4 N–H and O–H groups in total. The number of hydrogen-bond acceptors (Lipinski definition) is 5. The third kappa shape index (κ3) is 3.89. The van der Waals surface area contributed by atoms with Crippen molar-refractivity contribution in [2.75, 3.05) is 11.6 Å². The predicted octanol–water partition coefficient (Wildman–Crippen LogP) is 4.71. The molecule has 2 aromatic carbocycles. The molecule has 0 aliphatic rings. The van der Waals surface area contributed by atoms with Gasteiger partial charge in [0.1, 0.15) is 12.4 Å². The second kappa shape index (κ2) is 8.61. The number of alkyl halides is 2. The quantitative estimate of drug-likeness (QED) is 0.332. The summed E-state index contributed by atoms with van der Waals surface area (Å²) in [5.41, 5.74) is 8.85. The molecule has 0 fully saturated rings. The summed E-state index contributed by atoms with van der Waals surface area (Å²) in [6.45, 7) is 2.89. The third-order valence-corrected chi connectivity index (χ3v) is 5.26. The van der Waals surface area contributed by atoms with E-state index < -0.39 is 6.43 Å². The van der Waals surface area contributed by atoms with Gasteiger partial charge in [-0.15, -0.1) is 0 Å². The number of hydrogen-bond donors (Lipinski definition) is 2. The number of fused-ring (bicyclic) bond motifs is 3. The molecule has 0 bridgehead atoms. The van der Waals surface area contributed by atoms with Gasteiger partial charge in [-0.2, -0.15) is 0 Å².